The molecule has 2 unspecified atom stereocenters. The zero-order chi connectivity index (χ0) is 31.2. The van der Waals surface area contributed by atoms with Crippen LogP contribution in [0, 0.1) is 5.92 Å². The molecule has 0 bridgehead atoms. The molecule has 5 aromatic rings. The summed E-state index contributed by atoms with van der Waals surface area (Å²) in [4.78, 5) is 27.8. The van der Waals surface area contributed by atoms with E-state index in [9.17, 15) is 9.59 Å². The average Bonchev–Trinajstić information content (AvgIpc) is 3.71. The van der Waals surface area contributed by atoms with E-state index in [-0.39, 0.29) is 17.6 Å². The number of benzene rings is 3. The van der Waals surface area contributed by atoms with E-state index in [2.05, 4.69) is 56.5 Å². The van der Waals surface area contributed by atoms with Gasteiger partial charge in [0.1, 0.15) is 0 Å². The van der Waals surface area contributed by atoms with Crippen LogP contribution in [0.15, 0.2) is 83.7 Å². The molecule has 232 valence electrons. The molecule has 2 atom stereocenters. The Balaban J connectivity index is 1.35. The van der Waals surface area contributed by atoms with E-state index in [0.717, 1.165) is 77.7 Å². The fraction of sp³-hybridized carbons (Fsp3) is 0.361. The number of rotatable bonds is 12. The first kappa shape index (κ1) is 30.2. The summed E-state index contributed by atoms with van der Waals surface area (Å²) in [6, 6.07) is 26.1. The molecule has 0 saturated carbocycles. The minimum atomic E-state index is -0.440. The van der Waals surface area contributed by atoms with Gasteiger partial charge in [-0.2, -0.15) is 5.21 Å². The Hall–Kier alpha value is -4.79. The van der Waals surface area contributed by atoms with Gasteiger partial charge in [0.2, 0.25) is 5.82 Å². The SMILES string of the molecule is CCCCc1c(Cc2ccc(-c3ccccc3-c3nn[nH]n3)cc2)c(=O)n2n1CCCC2C(Cc1ccccc1)C(=O)OCC. The van der Waals surface area contributed by atoms with Gasteiger partial charge in [0.05, 0.1) is 18.6 Å². The molecule has 0 amide bonds. The lowest BCUT2D eigenvalue weighted by Gasteiger charge is -2.33. The fourth-order valence-corrected chi connectivity index (χ4v) is 6.68. The number of ether oxygens (including phenoxy) is 1. The lowest BCUT2D eigenvalue weighted by molar-refractivity contribution is -0.150. The van der Waals surface area contributed by atoms with E-state index >= 15 is 0 Å². The van der Waals surface area contributed by atoms with Gasteiger partial charge in [0, 0.05) is 29.8 Å². The molecule has 1 N–H and O–H groups in total. The van der Waals surface area contributed by atoms with Crippen molar-refractivity contribution in [1.29, 1.82) is 0 Å². The molecule has 0 spiro atoms. The average molecular weight is 605 g/mol. The fourth-order valence-electron chi connectivity index (χ4n) is 6.68. The second kappa shape index (κ2) is 13.9. The number of H-pyrrole nitrogens is 1. The lowest BCUT2D eigenvalue weighted by atomic mass is 9.88. The summed E-state index contributed by atoms with van der Waals surface area (Å²) >= 11 is 0. The summed E-state index contributed by atoms with van der Waals surface area (Å²) in [7, 11) is 0. The van der Waals surface area contributed by atoms with Crippen molar-refractivity contribution in [1.82, 2.24) is 30.0 Å². The first-order valence-corrected chi connectivity index (χ1v) is 16.0. The number of carbonyl (C=O) groups excluding carboxylic acids is 1. The third kappa shape index (κ3) is 6.38. The summed E-state index contributed by atoms with van der Waals surface area (Å²) in [5.74, 6) is -0.128. The molecular formula is C36H40N6O3. The Morgan fingerprint density at radius 1 is 0.978 bits per heavy atom. The van der Waals surface area contributed by atoms with Crippen LogP contribution in [0.1, 0.15) is 68.0 Å². The maximum atomic E-state index is 14.4. The highest BCUT2D eigenvalue weighted by atomic mass is 16.5. The van der Waals surface area contributed by atoms with Crippen LogP contribution >= 0.6 is 0 Å². The maximum absolute atomic E-state index is 14.4. The molecule has 0 radical (unpaired) electrons. The summed E-state index contributed by atoms with van der Waals surface area (Å²) in [5.41, 5.74) is 7.03. The molecular weight excluding hydrogens is 564 g/mol. The van der Waals surface area contributed by atoms with E-state index in [1.54, 1.807) is 0 Å². The Kier molecular flexibility index (Phi) is 9.33. The van der Waals surface area contributed by atoms with Crippen molar-refractivity contribution in [2.75, 3.05) is 6.61 Å². The number of fused-ring (bicyclic) bond motifs is 1. The number of hydrogen-bond donors (Lipinski definition) is 1. The largest absolute Gasteiger partial charge is 0.466 e. The van der Waals surface area contributed by atoms with Crippen molar-refractivity contribution in [2.24, 2.45) is 5.92 Å². The minimum Gasteiger partial charge on any atom is -0.466 e. The van der Waals surface area contributed by atoms with Gasteiger partial charge in [-0.15, -0.1) is 10.2 Å². The van der Waals surface area contributed by atoms with Gasteiger partial charge in [0.15, 0.2) is 0 Å². The number of aromatic nitrogens is 6. The van der Waals surface area contributed by atoms with Gasteiger partial charge in [-0.05, 0) is 66.5 Å². The normalized spacial score (nSPS) is 15.0. The second-order valence-electron chi connectivity index (χ2n) is 11.7. The molecule has 1 aliphatic rings. The highest BCUT2D eigenvalue weighted by Gasteiger charge is 2.37. The van der Waals surface area contributed by atoms with Gasteiger partial charge in [0.25, 0.3) is 5.56 Å². The van der Waals surface area contributed by atoms with Gasteiger partial charge in [-0.1, -0.05) is 92.2 Å². The third-order valence-electron chi connectivity index (χ3n) is 8.85. The number of nitrogens with one attached hydrogen (secondary N) is 1. The highest BCUT2D eigenvalue weighted by molar-refractivity contribution is 5.80. The third-order valence-corrected chi connectivity index (χ3v) is 8.85. The van der Waals surface area contributed by atoms with Crippen molar-refractivity contribution in [3.63, 3.8) is 0 Å². The van der Waals surface area contributed by atoms with E-state index in [1.165, 1.54) is 0 Å². The summed E-state index contributed by atoms with van der Waals surface area (Å²) < 4.78 is 9.68. The molecule has 45 heavy (non-hydrogen) atoms. The zero-order valence-corrected chi connectivity index (χ0v) is 26.0. The van der Waals surface area contributed by atoms with Crippen molar-refractivity contribution >= 4 is 5.97 Å². The number of aromatic amines is 1. The molecule has 0 saturated heterocycles. The lowest BCUT2D eigenvalue weighted by Crippen LogP contribution is -2.40. The van der Waals surface area contributed by atoms with Crippen LogP contribution in [0.5, 0.6) is 0 Å². The van der Waals surface area contributed by atoms with Gasteiger partial charge in [-0.25, -0.2) is 4.68 Å². The summed E-state index contributed by atoms with van der Waals surface area (Å²) in [6.45, 7) is 5.10. The number of esters is 1. The van der Waals surface area contributed by atoms with E-state index < -0.39 is 5.92 Å². The van der Waals surface area contributed by atoms with E-state index in [4.69, 9.17) is 4.74 Å². The smallest absolute Gasteiger partial charge is 0.311 e. The predicted octanol–water partition coefficient (Wildman–Crippen LogP) is 6.19. The van der Waals surface area contributed by atoms with Gasteiger partial charge in [-0.3, -0.25) is 14.3 Å². The first-order valence-electron chi connectivity index (χ1n) is 16.0. The van der Waals surface area contributed by atoms with Gasteiger partial charge >= 0.3 is 5.97 Å². The van der Waals surface area contributed by atoms with Crippen molar-refractivity contribution in [3.05, 3.63) is 112 Å². The molecule has 0 fully saturated rings. The monoisotopic (exact) mass is 604 g/mol. The second-order valence-corrected chi connectivity index (χ2v) is 11.7. The van der Waals surface area contributed by atoms with E-state index in [1.807, 2.05) is 66.2 Å². The standard InChI is InChI=1S/C36H40N6O3/c1-3-5-16-32-30(23-26-18-20-27(21-19-26)28-14-9-10-15-29(28)34-37-39-40-38-34)35(43)42-33(17-11-22-41(32)42)31(36(44)45-4-2)24-25-12-7-6-8-13-25/h6-10,12-15,18-21,31,33H,3-5,11,16-17,22-24H2,1-2H3,(H,37,38,39,40). The molecule has 2 aromatic heterocycles. The quantitative estimate of drug-likeness (QED) is 0.170. The van der Waals surface area contributed by atoms with Crippen molar-refractivity contribution in [2.45, 2.75) is 71.4 Å². The number of carbonyl (C=O) groups is 1. The topological polar surface area (TPSA) is 108 Å². The highest BCUT2D eigenvalue weighted by Crippen LogP contribution is 2.34. The number of unbranched alkanes of at least 4 members (excludes halogenated alkanes) is 1. The molecule has 3 heterocycles. The van der Waals surface area contributed by atoms with Crippen molar-refractivity contribution < 1.29 is 9.53 Å². The van der Waals surface area contributed by atoms with Crippen LogP contribution in [0.3, 0.4) is 0 Å². The van der Waals surface area contributed by atoms with Crippen LogP contribution in [0.25, 0.3) is 22.5 Å². The Morgan fingerprint density at radius 3 is 2.44 bits per heavy atom. The Morgan fingerprint density at radius 2 is 1.73 bits per heavy atom. The summed E-state index contributed by atoms with van der Waals surface area (Å²) in [5, 5.41) is 14.6. The van der Waals surface area contributed by atoms with Crippen LogP contribution < -0.4 is 5.56 Å². The molecule has 9 heteroatoms. The minimum absolute atomic E-state index is 0.0136. The van der Waals surface area contributed by atoms with Crippen LogP contribution in [0.4, 0.5) is 0 Å². The molecule has 6 rings (SSSR count). The van der Waals surface area contributed by atoms with Crippen LogP contribution in [0.2, 0.25) is 0 Å². The number of hydrogen-bond acceptors (Lipinski definition) is 6. The Labute approximate surface area is 263 Å². The zero-order valence-electron chi connectivity index (χ0n) is 26.0. The number of nitrogens with zero attached hydrogens (tertiary/aromatic N) is 5. The summed E-state index contributed by atoms with van der Waals surface area (Å²) in [6.07, 6.45) is 5.62. The molecule has 3 aromatic carbocycles. The molecule has 1 aliphatic heterocycles. The van der Waals surface area contributed by atoms with Gasteiger partial charge < -0.3 is 4.74 Å². The molecule has 0 aliphatic carbocycles. The molecule has 9 nitrogen and oxygen atoms in total. The first-order chi connectivity index (χ1) is 22.1. The number of tetrazole rings is 1. The van der Waals surface area contributed by atoms with Crippen LogP contribution in [-0.2, 0) is 35.3 Å². The Bertz CT molecular complexity index is 1770. The van der Waals surface area contributed by atoms with Crippen molar-refractivity contribution in [3.8, 4) is 22.5 Å². The maximum Gasteiger partial charge on any atom is 0.311 e. The predicted molar refractivity (Wildman–Crippen MR) is 174 cm³/mol. The van der Waals surface area contributed by atoms with Crippen LogP contribution in [-0.4, -0.2) is 42.6 Å². The van der Waals surface area contributed by atoms with E-state index in [0.29, 0.717) is 25.3 Å².